The maximum atomic E-state index is 12.6. The summed E-state index contributed by atoms with van der Waals surface area (Å²) in [6, 6.07) is 5.90. The Labute approximate surface area is 138 Å². The van der Waals surface area contributed by atoms with Crippen LogP contribution in [0.3, 0.4) is 0 Å². The molecule has 1 saturated heterocycles. The predicted molar refractivity (Wildman–Crippen MR) is 88.8 cm³/mol. The first-order valence-electron chi connectivity index (χ1n) is 8.53. The van der Waals surface area contributed by atoms with Crippen molar-refractivity contribution in [3.63, 3.8) is 0 Å². The first-order chi connectivity index (χ1) is 11.1. The van der Waals surface area contributed by atoms with Crippen LogP contribution < -0.4 is 9.47 Å². The molecule has 23 heavy (non-hydrogen) atoms. The minimum atomic E-state index is -0.110. The summed E-state index contributed by atoms with van der Waals surface area (Å²) in [6.45, 7) is 5.72. The molecule has 0 aliphatic carbocycles. The molecule has 0 radical (unpaired) electrons. The Kier molecular flexibility index (Phi) is 5.06. The van der Waals surface area contributed by atoms with Crippen LogP contribution in [0, 0.1) is 0 Å². The Bertz CT molecular complexity index is 555. The number of carbonyl (C=O) groups excluding carboxylic acids is 1. The molecule has 5 heteroatoms. The van der Waals surface area contributed by atoms with Crippen molar-refractivity contribution in [3.8, 4) is 11.5 Å². The van der Waals surface area contributed by atoms with E-state index in [1.165, 1.54) is 6.42 Å². The first kappa shape index (κ1) is 16.1. The van der Waals surface area contributed by atoms with Gasteiger partial charge in [0.25, 0.3) is 0 Å². The predicted octanol–water partition coefficient (Wildman–Crippen LogP) is 2.29. The van der Waals surface area contributed by atoms with E-state index in [0.29, 0.717) is 13.2 Å². The van der Waals surface area contributed by atoms with Gasteiger partial charge in [0.1, 0.15) is 13.2 Å². The van der Waals surface area contributed by atoms with Gasteiger partial charge in [0.05, 0.1) is 6.04 Å². The largest absolute Gasteiger partial charge is 0.486 e. The Morgan fingerprint density at radius 1 is 1.17 bits per heavy atom. The van der Waals surface area contributed by atoms with Gasteiger partial charge in [0.15, 0.2) is 11.5 Å². The maximum absolute atomic E-state index is 12.6. The van der Waals surface area contributed by atoms with Gasteiger partial charge in [-0.3, -0.25) is 9.69 Å². The van der Waals surface area contributed by atoms with E-state index in [0.717, 1.165) is 49.5 Å². The van der Waals surface area contributed by atoms with Gasteiger partial charge in [-0.1, -0.05) is 6.07 Å². The van der Waals surface area contributed by atoms with Gasteiger partial charge in [-0.2, -0.15) is 0 Å². The highest BCUT2D eigenvalue weighted by atomic mass is 16.6. The zero-order valence-electron chi connectivity index (χ0n) is 14.1. The molecule has 1 unspecified atom stereocenters. The lowest BCUT2D eigenvalue weighted by molar-refractivity contribution is -0.137. The molecule has 0 aromatic heterocycles. The number of amides is 1. The van der Waals surface area contributed by atoms with E-state index in [-0.39, 0.29) is 11.9 Å². The van der Waals surface area contributed by atoms with Crippen LogP contribution >= 0.6 is 0 Å². The average molecular weight is 318 g/mol. The van der Waals surface area contributed by atoms with Gasteiger partial charge in [0, 0.05) is 19.6 Å². The van der Waals surface area contributed by atoms with Crippen molar-refractivity contribution < 1.29 is 14.3 Å². The Morgan fingerprint density at radius 3 is 2.61 bits per heavy atom. The lowest BCUT2D eigenvalue weighted by atomic mass is 10.1. The summed E-state index contributed by atoms with van der Waals surface area (Å²) in [5, 5.41) is 0. The minimum absolute atomic E-state index is 0.110. The maximum Gasteiger partial charge on any atom is 0.239 e. The van der Waals surface area contributed by atoms with Crippen LogP contribution in [0.15, 0.2) is 18.2 Å². The molecule has 1 fully saturated rings. The van der Waals surface area contributed by atoms with E-state index in [9.17, 15) is 4.79 Å². The third kappa shape index (κ3) is 3.78. The van der Waals surface area contributed by atoms with E-state index in [4.69, 9.17) is 9.47 Å². The molecule has 1 atom stereocenters. The van der Waals surface area contributed by atoms with Gasteiger partial charge in [-0.05, 0) is 50.9 Å². The van der Waals surface area contributed by atoms with Crippen LogP contribution in [0.25, 0.3) is 0 Å². The highest BCUT2D eigenvalue weighted by Crippen LogP contribution is 2.31. The molecule has 1 aromatic carbocycles. The third-order valence-electron chi connectivity index (χ3n) is 4.72. The van der Waals surface area contributed by atoms with Gasteiger partial charge < -0.3 is 14.4 Å². The second kappa shape index (κ2) is 7.21. The summed E-state index contributed by atoms with van der Waals surface area (Å²) in [7, 11) is 2.00. The molecule has 2 aliphatic heterocycles. The molecule has 1 amide bonds. The molecular formula is C18H26N2O3. The number of ether oxygens (including phenoxy) is 2. The fourth-order valence-corrected chi connectivity index (χ4v) is 3.18. The zero-order valence-corrected chi connectivity index (χ0v) is 14.1. The molecule has 5 nitrogen and oxygen atoms in total. The van der Waals surface area contributed by atoms with Gasteiger partial charge in [0.2, 0.25) is 5.91 Å². The van der Waals surface area contributed by atoms with Crippen molar-refractivity contribution in [2.45, 2.75) is 38.8 Å². The summed E-state index contributed by atoms with van der Waals surface area (Å²) in [5.74, 6) is 1.85. The number of carbonyl (C=O) groups is 1. The van der Waals surface area contributed by atoms with E-state index >= 15 is 0 Å². The monoisotopic (exact) mass is 318 g/mol. The van der Waals surface area contributed by atoms with Gasteiger partial charge in [-0.15, -0.1) is 0 Å². The van der Waals surface area contributed by atoms with Gasteiger partial charge >= 0.3 is 0 Å². The molecule has 126 valence electrons. The fourth-order valence-electron chi connectivity index (χ4n) is 3.18. The summed E-state index contributed by atoms with van der Waals surface area (Å²) in [4.78, 5) is 16.7. The molecular weight excluding hydrogens is 292 g/mol. The number of hydrogen-bond acceptors (Lipinski definition) is 4. The lowest BCUT2D eigenvalue weighted by Gasteiger charge is -2.33. The van der Waals surface area contributed by atoms with E-state index in [2.05, 4.69) is 4.90 Å². The second-order valence-corrected chi connectivity index (χ2v) is 6.46. The molecule has 0 spiro atoms. The third-order valence-corrected chi connectivity index (χ3v) is 4.72. The SMILES string of the molecule is CC(C(=O)N1CCCCC1)N(C)Cc1ccc2c(c1)OCCO2. The van der Waals surface area contributed by atoms with Crippen LogP contribution in [0.2, 0.25) is 0 Å². The summed E-state index contributed by atoms with van der Waals surface area (Å²) < 4.78 is 11.2. The number of likely N-dealkylation sites (N-methyl/N-ethyl adjacent to an activating group) is 1. The van der Waals surface area contributed by atoms with Crippen LogP contribution in [0.5, 0.6) is 11.5 Å². The number of benzene rings is 1. The average Bonchev–Trinajstić information content (AvgIpc) is 2.61. The summed E-state index contributed by atoms with van der Waals surface area (Å²) in [5.41, 5.74) is 1.13. The quantitative estimate of drug-likeness (QED) is 0.854. The number of piperidine rings is 1. The Morgan fingerprint density at radius 2 is 1.87 bits per heavy atom. The molecule has 1 aromatic rings. The summed E-state index contributed by atoms with van der Waals surface area (Å²) in [6.07, 6.45) is 3.50. The Balaban J connectivity index is 1.61. The number of nitrogens with zero attached hydrogens (tertiary/aromatic N) is 2. The van der Waals surface area contributed by atoms with Crippen molar-refractivity contribution in [1.29, 1.82) is 0 Å². The number of rotatable bonds is 4. The molecule has 2 aliphatic rings. The van der Waals surface area contributed by atoms with Crippen molar-refractivity contribution in [1.82, 2.24) is 9.80 Å². The minimum Gasteiger partial charge on any atom is -0.486 e. The fraction of sp³-hybridized carbons (Fsp3) is 0.611. The smallest absolute Gasteiger partial charge is 0.239 e. The van der Waals surface area contributed by atoms with Crippen molar-refractivity contribution >= 4 is 5.91 Å². The van der Waals surface area contributed by atoms with Crippen LogP contribution in [0.4, 0.5) is 0 Å². The van der Waals surface area contributed by atoms with Crippen molar-refractivity contribution in [2.24, 2.45) is 0 Å². The number of hydrogen-bond donors (Lipinski definition) is 0. The van der Waals surface area contributed by atoms with Crippen molar-refractivity contribution in [3.05, 3.63) is 23.8 Å². The first-order valence-corrected chi connectivity index (χ1v) is 8.53. The van der Waals surface area contributed by atoms with Crippen LogP contribution in [-0.2, 0) is 11.3 Å². The van der Waals surface area contributed by atoms with Crippen LogP contribution in [-0.4, -0.2) is 55.1 Å². The Hall–Kier alpha value is -1.75. The lowest BCUT2D eigenvalue weighted by Crippen LogP contribution is -2.47. The van der Waals surface area contributed by atoms with E-state index < -0.39 is 0 Å². The topological polar surface area (TPSA) is 42.0 Å². The molecule has 0 N–H and O–H groups in total. The number of likely N-dealkylation sites (tertiary alicyclic amines) is 1. The number of fused-ring (bicyclic) bond motifs is 1. The highest BCUT2D eigenvalue weighted by molar-refractivity contribution is 5.81. The summed E-state index contributed by atoms with van der Waals surface area (Å²) >= 11 is 0. The highest BCUT2D eigenvalue weighted by Gasteiger charge is 2.25. The molecule has 2 heterocycles. The van der Waals surface area contributed by atoms with E-state index in [1.54, 1.807) is 0 Å². The molecule has 0 saturated carbocycles. The molecule has 0 bridgehead atoms. The van der Waals surface area contributed by atoms with E-state index in [1.807, 2.05) is 37.1 Å². The standard InChI is InChI=1S/C18H26N2O3/c1-14(18(21)20-8-4-3-5-9-20)19(2)13-15-6-7-16-17(12-15)23-11-10-22-16/h6-7,12,14H,3-5,8-11,13H2,1-2H3. The van der Waals surface area contributed by atoms with Crippen molar-refractivity contribution in [2.75, 3.05) is 33.4 Å². The second-order valence-electron chi connectivity index (χ2n) is 6.46. The molecule has 3 rings (SSSR count). The zero-order chi connectivity index (χ0) is 16.2. The van der Waals surface area contributed by atoms with Gasteiger partial charge in [-0.25, -0.2) is 0 Å². The normalized spacial score (nSPS) is 18.8. The van der Waals surface area contributed by atoms with Crippen LogP contribution in [0.1, 0.15) is 31.7 Å².